The lowest BCUT2D eigenvalue weighted by Gasteiger charge is -2.31. The van der Waals surface area contributed by atoms with E-state index in [1.807, 2.05) is 61.5 Å². The lowest BCUT2D eigenvalue weighted by atomic mass is 9.96. The second kappa shape index (κ2) is 16.4. The first-order valence-corrected chi connectivity index (χ1v) is 14.4. The smallest absolute Gasteiger partial charge is 0.256 e. The largest absolute Gasteiger partial charge is 0.381 e. The van der Waals surface area contributed by atoms with Crippen molar-refractivity contribution in [3.63, 3.8) is 0 Å². The van der Waals surface area contributed by atoms with Gasteiger partial charge in [0, 0.05) is 48.8 Å². The van der Waals surface area contributed by atoms with Gasteiger partial charge in [-0.05, 0) is 36.8 Å². The molecule has 0 saturated carbocycles. The monoisotopic (exact) mass is 555 g/mol. The molecule has 2 aromatic rings. The fraction of sp³-hybridized carbons (Fsp3) is 0.581. The van der Waals surface area contributed by atoms with Crippen molar-refractivity contribution in [3.8, 4) is 0 Å². The van der Waals surface area contributed by atoms with Crippen LogP contribution < -0.4 is 5.32 Å². The molecule has 2 N–H and O–H groups in total. The topological polar surface area (TPSA) is 114 Å². The lowest BCUT2D eigenvalue weighted by Crippen LogP contribution is -2.43. The standard InChI is InChI=1S/C16H22N2O2.C15H23NO4/c1-2-3-6-11-9-17-10-14(11)18-15(19)12-7-4-5-8-13(12)16(18)20;1-13(11-16(17)18)15(19-2)9-6-10-20-12-14-7-4-3-5-8-14/h4-5,7-8,11,14-15,17,19H,2-3,6,9-10H2,1H3;3-5,7-8,13,15H,6,9-12H2,1-2H3/t11-,14-,15?;13-,15+/m11/s1. The number of hydrogen-bond acceptors (Lipinski definition) is 7. The van der Waals surface area contributed by atoms with Crippen LogP contribution in [-0.4, -0.2) is 66.3 Å². The quantitative estimate of drug-likeness (QED) is 0.195. The normalized spacial score (nSPS) is 21.4. The average molecular weight is 556 g/mol. The van der Waals surface area contributed by atoms with Gasteiger partial charge in [0.15, 0.2) is 6.23 Å². The summed E-state index contributed by atoms with van der Waals surface area (Å²) in [5.74, 6) is 0.343. The zero-order valence-corrected chi connectivity index (χ0v) is 24.0. The molecule has 5 atom stereocenters. The van der Waals surface area contributed by atoms with E-state index in [0.717, 1.165) is 43.5 Å². The molecule has 1 unspecified atom stereocenters. The number of aliphatic hydroxyl groups excluding tert-OH is 1. The predicted molar refractivity (Wildman–Crippen MR) is 154 cm³/mol. The number of aliphatic hydroxyl groups is 1. The maximum absolute atomic E-state index is 12.6. The summed E-state index contributed by atoms with van der Waals surface area (Å²) in [5.41, 5.74) is 2.55. The fourth-order valence-corrected chi connectivity index (χ4v) is 5.59. The molecule has 1 amide bonds. The highest BCUT2D eigenvalue weighted by Gasteiger charge is 2.43. The molecule has 0 spiro atoms. The van der Waals surface area contributed by atoms with Gasteiger partial charge in [-0.25, -0.2) is 0 Å². The van der Waals surface area contributed by atoms with Gasteiger partial charge in [0.2, 0.25) is 6.54 Å². The first-order valence-electron chi connectivity index (χ1n) is 14.4. The van der Waals surface area contributed by atoms with E-state index in [0.29, 0.717) is 24.7 Å². The molecular formula is C31H45N3O6. The number of nitrogens with zero attached hydrogens (tertiary/aromatic N) is 2. The van der Waals surface area contributed by atoms with Crippen LogP contribution in [0.4, 0.5) is 0 Å². The molecule has 1 fully saturated rings. The van der Waals surface area contributed by atoms with Crippen molar-refractivity contribution < 1.29 is 24.3 Å². The van der Waals surface area contributed by atoms with Gasteiger partial charge in [-0.15, -0.1) is 0 Å². The number of unbranched alkanes of at least 4 members (excludes halogenated alkanes) is 1. The molecule has 40 heavy (non-hydrogen) atoms. The third kappa shape index (κ3) is 8.83. The summed E-state index contributed by atoms with van der Waals surface area (Å²) in [4.78, 5) is 24.4. The SMILES string of the molecule is CCCC[C@@H]1CNC[C@H]1N1C(=O)c2ccccc2C1O.CO[C@@H](CCCOCc1ccccc1)[C@H](C)C[N+](=O)[O-]. The Morgan fingerprint density at radius 3 is 2.52 bits per heavy atom. The Balaban J connectivity index is 0.000000220. The van der Waals surface area contributed by atoms with Gasteiger partial charge in [0.25, 0.3) is 5.91 Å². The Morgan fingerprint density at radius 2 is 1.85 bits per heavy atom. The first kappa shape index (κ1) is 31.7. The van der Waals surface area contributed by atoms with Crippen molar-refractivity contribution in [2.24, 2.45) is 11.8 Å². The van der Waals surface area contributed by atoms with Gasteiger partial charge in [0.05, 0.1) is 18.8 Å². The van der Waals surface area contributed by atoms with Gasteiger partial charge in [-0.2, -0.15) is 0 Å². The van der Waals surface area contributed by atoms with Crippen molar-refractivity contribution in [2.75, 3.05) is 33.4 Å². The predicted octanol–water partition coefficient (Wildman–Crippen LogP) is 4.82. The van der Waals surface area contributed by atoms with Crippen LogP contribution in [0, 0.1) is 22.0 Å². The average Bonchev–Trinajstić information content (AvgIpc) is 3.51. The van der Waals surface area contributed by atoms with E-state index >= 15 is 0 Å². The number of carbonyl (C=O) groups is 1. The van der Waals surface area contributed by atoms with E-state index < -0.39 is 6.23 Å². The van der Waals surface area contributed by atoms with Crippen LogP contribution in [0.1, 0.15) is 73.7 Å². The molecule has 4 rings (SSSR count). The summed E-state index contributed by atoms with van der Waals surface area (Å²) in [5, 5.41) is 24.4. The second-order valence-electron chi connectivity index (χ2n) is 10.7. The van der Waals surface area contributed by atoms with Gasteiger partial charge >= 0.3 is 0 Å². The summed E-state index contributed by atoms with van der Waals surface area (Å²) in [6.45, 7) is 6.94. The van der Waals surface area contributed by atoms with Crippen molar-refractivity contribution in [2.45, 2.75) is 70.9 Å². The third-order valence-corrected chi connectivity index (χ3v) is 7.82. The molecule has 2 aromatic carbocycles. The molecule has 1 saturated heterocycles. The zero-order chi connectivity index (χ0) is 28.9. The number of benzene rings is 2. The number of methoxy groups -OCH3 is 1. The Bertz CT molecular complexity index is 1050. The number of ether oxygens (including phenoxy) is 2. The maximum Gasteiger partial charge on any atom is 0.256 e. The van der Waals surface area contributed by atoms with Crippen LogP contribution >= 0.6 is 0 Å². The Kier molecular flexibility index (Phi) is 13.0. The highest BCUT2D eigenvalue weighted by Crippen LogP contribution is 2.36. The van der Waals surface area contributed by atoms with E-state index in [2.05, 4.69) is 12.2 Å². The molecule has 9 heteroatoms. The molecular weight excluding hydrogens is 510 g/mol. The van der Waals surface area contributed by atoms with Crippen LogP contribution in [0.25, 0.3) is 0 Å². The van der Waals surface area contributed by atoms with Crippen LogP contribution in [0.3, 0.4) is 0 Å². The fourth-order valence-electron chi connectivity index (χ4n) is 5.59. The van der Waals surface area contributed by atoms with Crippen molar-refractivity contribution >= 4 is 5.91 Å². The van der Waals surface area contributed by atoms with Crippen molar-refractivity contribution in [1.29, 1.82) is 0 Å². The zero-order valence-electron chi connectivity index (χ0n) is 24.0. The van der Waals surface area contributed by atoms with E-state index in [1.54, 1.807) is 12.0 Å². The second-order valence-corrected chi connectivity index (χ2v) is 10.7. The number of fused-ring (bicyclic) bond motifs is 1. The number of nitrogens with one attached hydrogen (secondary N) is 1. The minimum atomic E-state index is -0.785. The van der Waals surface area contributed by atoms with Crippen LogP contribution in [0.2, 0.25) is 0 Å². The summed E-state index contributed by atoms with van der Waals surface area (Å²) >= 11 is 0. The summed E-state index contributed by atoms with van der Waals surface area (Å²) in [6, 6.07) is 17.5. The number of amides is 1. The van der Waals surface area contributed by atoms with Crippen LogP contribution in [0.5, 0.6) is 0 Å². The first-order chi connectivity index (χ1) is 19.4. The molecule has 9 nitrogen and oxygen atoms in total. The highest BCUT2D eigenvalue weighted by molar-refractivity contribution is 5.99. The van der Waals surface area contributed by atoms with E-state index in [4.69, 9.17) is 9.47 Å². The summed E-state index contributed by atoms with van der Waals surface area (Å²) in [6.07, 6.45) is 4.20. The minimum absolute atomic E-state index is 0.0247. The third-order valence-electron chi connectivity index (χ3n) is 7.82. The molecule has 2 aliphatic heterocycles. The van der Waals surface area contributed by atoms with Gasteiger partial charge in [-0.1, -0.05) is 75.2 Å². The van der Waals surface area contributed by atoms with Gasteiger partial charge < -0.3 is 24.8 Å². The maximum atomic E-state index is 12.6. The summed E-state index contributed by atoms with van der Waals surface area (Å²) < 4.78 is 10.9. The van der Waals surface area contributed by atoms with Crippen molar-refractivity contribution in [1.82, 2.24) is 10.2 Å². The van der Waals surface area contributed by atoms with E-state index in [-0.39, 0.29) is 35.4 Å². The number of nitro groups is 1. The molecule has 0 aromatic heterocycles. The number of hydrogen-bond donors (Lipinski definition) is 2. The Hall–Kier alpha value is -2.85. The van der Waals surface area contributed by atoms with Crippen LogP contribution in [0.15, 0.2) is 54.6 Å². The van der Waals surface area contributed by atoms with E-state index in [9.17, 15) is 20.0 Å². The molecule has 0 aliphatic carbocycles. The Morgan fingerprint density at radius 1 is 1.12 bits per heavy atom. The molecule has 2 heterocycles. The molecule has 0 radical (unpaired) electrons. The van der Waals surface area contributed by atoms with Gasteiger partial charge in [-0.3, -0.25) is 14.9 Å². The van der Waals surface area contributed by atoms with Crippen LogP contribution in [-0.2, 0) is 16.1 Å². The molecule has 2 aliphatic rings. The van der Waals surface area contributed by atoms with Gasteiger partial charge in [0.1, 0.15) is 0 Å². The summed E-state index contributed by atoms with van der Waals surface area (Å²) in [7, 11) is 1.60. The van der Waals surface area contributed by atoms with Crippen molar-refractivity contribution in [3.05, 3.63) is 81.4 Å². The van der Waals surface area contributed by atoms with E-state index in [1.165, 1.54) is 12.8 Å². The number of carbonyl (C=O) groups excluding carboxylic acids is 1. The minimum Gasteiger partial charge on any atom is -0.381 e. The highest BCUT2D eigenvalue weighted by atomic mass is 16.6. The molecule has 220 valence electrons. The Labute approximate surface area is 238 Å². The lowest BCUT2D eigenvalue weighted by molar-refractivity contribution is -0.489. The number of rotatable bonds is 14. The molecule has 0 bridgehead atoms.